The van der Waals surface area contributed by atoms with Gasteiger partial charge in [0, 0.05) is 19.2 Å². The van der Waals surface area contributed by atoms with Crippen molar-refractivity contribution in [3.63, 3.8) is 0 Å². The summed E-state index contributed by atoms with van der Waals surface area (Å²) in [5.41, 5.74) is 3.26. The van der Waals surface area contributed by atoms with Crippen molar-refractivity contribution in [3.05, 3.63) is 70.2 Å². The lowest BCUT2D eigenvalue weighted by molar-refractivity contribution is -0.130. The maximum absolute atomic E-state index is 12.0. The lowest BCUT2D eigenvalue weighted by atomic mass is 10.0. The van der Waals surface area contributed by atoms with Crippen LogP contribution in [0.4, 0.5) is 0 Å². The highest BCUT2D eigenvalue weighted by Gasteiger charge is 2.21. The van der Waals surface area contributed by atoms with Crippen molar-refractivity contribution in [3.8, 4) is 0 Å². The molecule has 1 unspecified atom stereocenters. The minimum Gasteiger partial charge on any atom is -0.391 e. The molecule has 1 N–H and O–H groups in total. The summed E-state index contributed by atoms with van der Waals surface area (Å²) in [6, 6.07) is 14.8. The molecular formula is C19H21ClN2O3. The molecule has 0 aliphatic heterocycles. The van der Waals surface area contributed by atoms with E-state index in [0.29, 0.717) is 5.02 Å². The number of hydrogen-bond donors (Lipinski definition) is 1. The molecule has 1 amide bonds. The van der Waals surface area contributed by atoms with Gasteiger partial charge in [-0.1, -0.05) is 53.2 Å². The summed E-state index contributed by atoms with van der Waals surface area (Å²) >= 11 is 5.88. The number of nitrogens with one attached hydrogen (secondary N) is 1. The van der Waals surface area contributed by atoms with Gasteiger partial charge in [-0.15, -0.1) is 0 Å². The van der Waals surface area contributed by atoms with Crippen molar-refractivity contribution in [1.29, 1.82) is 0 Å². The fraction of sp³-hybridized carbons (Fsp3) is 0.263. The molecule has 0 fully saturated rings. The highest BCUT2D eigenvalue weighted by molar-refractivity contribution is 6.30. The fourth-order valence-electron chi connectivity index (χ4n) is 2.37. The monoisotopic (exact) mass is 360 g/mol. The molecule has 1 atom stereocenters. The molecule has 2 aromatic carbocycles. The zero-order valence-electron chi connectivity index (χ0n) is 14.5. The standard InChI is InChI=1S/C19H21ClN2O3/c1-13(14-8-10-16(20)11-9-14)22-25-12-15-6-4-5-7-17(15)18(24-3)19(23)21-2/h4-11,18H,12H2,1-3H3,(H,21,23)/b22-13+. The van der Waals surface area contributed by atoms with Crippen molar-refractivity contribution >= 4 is 23.2 Å². The van der Waals surface area contributed by atoms with Crippen LogP contribution in [0.25, 0.3) is 0 Å². The molecule has 0 spiro atoms. The number of benzene rings is 2. The van der Waals surface area contributed by atoms with Crippen molar-refractivity contribution < 1.29 is 14.4 Å². The normalized spacial score (nSPS) is 12.6. The van der Waals surface area contributed by atoms with E-state index in [9.17, 15) is 4.79 Å². The van der Waals surface area contributed by atoms with E-state index in [4.69, 9.17) is 21.2 Å². The van der Waals surface area contributed by atoms with E-state index >= 15 is 0 Å². The summed E-state index contributed by atoms with van der Waals surface area (Å²) in [5, 5.41) is 7.41. The van der Waals surface area contributed by atoms with Crippen LogP contribution >= 0.6 is 11.6 Å². The van der Waals surface area contributed by atoms with Crippen LogP contribution in [0.2, 0.25) is 5.02 Å². The van der Waals surface area contributed by atoms with Gasteiger partial charge in [0.1, 0.15) is 6.61 Å². The summed E-state index contributed by atoms with van der Waals surface area (Å²) in [4.78, 5) is 17.5. The van der Waals surface area contributed by atoms with Crippen LogP contribution < -0.4 is 5.32 Å². The molecule has 0 saturated carbocycles. The number of ether oxygens (including phenoxy) is 1. The van der Waals surface area contributed by atoms with E-state index in [1.807, 2.05) is 43.3 Å². The summed E-state index contributed by atoms with van der Waals surface area (Å²) in [5.74, 6) is -0.212. The number of halogens is 1. The molecule has 0 aliphatic carbocycles. The molecule has 0 bridgehead atoms. The molecule has 25 heavy (non-hydrogen) atoms. The molecule has 0 aromatic heterocycles. The second-order valence-electron chi connectivity index (χ2n) is 5.39. The van der Waals surface area contributed by atoms with Crippen LogP contribution in [-0.2, 0) is 21.0 Å². The number of likely N-dealkylation sites (N-methyl/N-ethyl adjacent to an activating group) is 1. The van der Waals surface area contributed by atoms with Gasteiger partial charge in [0.2, 0.25) is 0 Å². The average Bonchev–Trinajstić information content (AvgIpc) is 2.63. The van der Waals surface area contributed by atoms with E-state index in [2.05, 4.69) is 10.5 Å². The molecule has 132 valence electrons. The average molecular weight is 361 g/mol. The number of carbonyl (C=O) groups is 1. The number of methoxy groups -OCH3 is 1. The largest absolute Gasteiger partial charge is 0.391 e. The van der Waals surface area contributed by atoms with Crippen molar-refractivity contribution in [2.45, 2.75) is 19.6 Å². The quantitative estimate of drug-likeness (QED) is 0.604. The molecular weight excluding hydrogens is 340 g/mol. The SMILES string of the molecule is CNC(=O)C(OC)c1ccccc1CO/N=C(\C)c1ccc(Cl)cc1. The third-order valence-corrected chi connectivity index (χ3v) is 3.99. The predicted octanol–water partition coefficient (Wildman–Crippen LogP) is 3.71. The first-order valence-corrected chi connectivity index (χ1v) is 8.19. The number of amides is 1. The molecule has 0 saturated heterocycles. The van der Waals surface area contributed by atoms with Crippen molar-refractivity contribution in [1.82, 2.24) is 5.32 Å². The minimum absolute atomic E-state index is 0.212. The molecule has 2 aromatic rings. The van der Waals surface area contributed by atoms with E-state index in [1.165, 1.54) is 7.11 Å². The maximum atomic E-state index is 12.0. The van der Waals surface area contributed by atoms with Gasteiger partial charge in [0.05, 0.1) is 5.71 Å². The third-order valence-electron chi connectivity index (χ3n) is 3.74. The van der Waals surface area contributed by atoms with Crippen LogP contribution in [0.1, 0.15) is 29.7 Å². The lowest BCUT2D eigenvalue weighted by Crippen LogP contribution is -2.27. The van der Waals surface area contributed by atoms with Gasteiger partial charge in [-0.2, -0.15) is 0 Å². The third kappa shape index (κ3) is 5.05. The smallest absolute Gasteiger partial charge is 0.253 e. The Balaban J connectivity index is 2.12. The van der Waals surface area contributed by atoms with Gasteiger partial charge in [-0.05, 0) is 35.7 Å². The Morgan fingerprint density at radius 1 is 1.20 bits per heavy atom. The van der Waals surface area contributed by atoms with E-state index in [-0.39, 0.29) is 12.5 Å². The van der Waals surface area contributed by atoms with Crippen LogP contribution in [0.5, 0.6) is 0 Å². The Kier molecular flexibility index (Phi) is 6.98. The number of carbonyl (C=O) groups excluding carboxylic acids is 1. The maximum Gasteiger partial charge on any atom is 0.253 e. The summed E-state index contributed by atoms with van der Waals surface area (Å²) in [7, 11) is 3.08. The van der Waals surface area contributed by atoms with Crippen LogP contribution in [0, 0.1) is 0 Å². The van der Waals surface area contributed by atoms with Crippen LogP contribution in [0.15, 0.2) is 53.7 Å². The number of nitrogens with zero attached hydrogens (tertiary/aromatic N) is 1. The zero-order chi connectivity index (χ0) is 18.2. The van der Waals surface area contributed by atoms with E-state index in [1.54, 1.807) is 19.2 Å². The van der Waals surface area contributed by atoms with Gasteiger partial charge in [0.15, 0.2) is 6.10 Å². The lowest BCUT2D eigenvalue weighted by Gasteiger charge is -2.17. The van der Waals surface area contributed by atoms with E-state index in [0.717, 1.165) is 22.4 Å². The number of hydrogen-bond acceptors (Lipinski definition) is 4. The molecule has 6 heteroatoms. The molecule has 5 nitrogen and oxygen atoms in total. The van der Waals surface area contributed by atoms with Gasteiger partial charge < -0.3 is 14.9 Å². The Morgan fingerprint density at radius 3 is 2.52 bits per heavy atom. The van der Waals surface area contributed by atoms with Gasteiger partial charge >= 0.3 is 0 Å². The second kappa shape index (κ2) is 9.20. The summed E-state index contributed by atoms with van der Waals surface area (Å²) in [6.07, 6.45) is -0.689. The molecule has 0 heterocycles. The predicted molar refractivity (Wildman–Crippen MR) is 98.7 cm³/mol. The summed E-state index contributed by atoms with van der Waals surface area (Å²) < 4.78 is 5.32. The Labute approximate surface area is 152 Å². The Bertz CT molecular complexity index is 745. The first kappa shape index (κ1) is 19.0. The molecule has 2 rings (SSSR count). The van der Waals surface area contributed by atoms with E-state index < -0.39 is 6.10 Å². The zero-order valence-corrected chi connectivity index (χ0v) is 15.2. The number of oxime groups is 1. The first-order valence-electron chi connectivity index (χ1n) is 7.81. The Morgan fingerprint density at radius 2 is 1.88 bits per heavy atom. The van der Waals surface area contributed by atoms with Crippen LogP contribution in [-0.4, -0.2) is 25.8 Å². The second-order valence-corrected chi connectivity index (χ2v) is 5.82. The summed E-state index contributed by atoms with van der Waals surface area (Å²) in [6.45, 7) is 2.09. The van der Waals surface area contributed by atoms with Gasteiger partial charge in [-0.25, -0.2) is 0 Å². The van der Waals surface area contributed by atoms with Crippen molar-refractivity contribution in [2.24, 2.45) is 5.16 Å². The van der Waals surface area contributed by atoms with Gasteiger partial charge in [-0.3, -0.25) is 4.79 Å². The first-order chi connectivity index (χ1) is 12.1. The fourth-order valence-corrected chi connectivity index (χ4v) is 2.50. The highest BCUT2D eigenvalue weighted by atomic mass is 35.5. The molecule has 0 aliphatic rings. The van der Waals surface area contributed by atoms with Gasteiger partial charge in [0.25, 0.3) is 5.91 Å². The molecule has 0 radical (unpaired) electrons. The Hall–Kier alpha value is -2.37. The minimum atomic E-state index is -0.689. The topological polar surface area (TPSA) is 59.9 Å². The van der Waals surface area contributed by atoms with Crippen LogP contribution in [0.3, 0.4) is 0 Å². The number of rotatable bonds is 7. The highest BCUT2D eigenvalue weighted by Crippen LogP contribution is 2.22. The van der Waals surface area contributed by atoms with Crippen molar-refractivity contribution in [2.75, 3.05) is 14.2 Å².